The topological polar surface area (TPSA) is 41.6 Å². The Labute approximate surface area is 127 Å². The summed E-state index contributed by atoms with van der Waals surface area (Å²) < 4.78 is 5.49. The Morgan fingerprint density at radius 3 is 2.62 bits per heavy atom. The molecule has 1 saturated heterocycles. The van der Waals surface area contributed by atoms with E-state index in [2.05, 4.69) is 17.4 Å². The number of likely N-dealkylation sites (tertiary alicyclic amines) is 1. The van der Waals surface area contributed by atoms with Crippen molar-refractivity contribution in [1.82, 2.24) is 4.90 Å². The van der Waals surface area contributed by atoms with E-state index in [1.54, 1.807) is 0 Å². The molecule has 1 aromatic carbocycles. The predicted molar refractivity (Wildman–Crippen MR) is 85.5 cm³/mol. The van der Waals surface area contributed by atoms with E-state index in [0.717, 1.165) is 31.5 Å². The first-order valence-electron chi connectivity index (χ1n) is 7.73. The zero-order valence-electron chi connectivity index (χ0n) is 13.3. The van der Waals surface area contributed by atoms with Crippen molar-refractivity contribution in [2.24, 2.45) is 0 Å². The maximum atomic E-state index is 12.2. The number of para-hydroxylation sites is 1. The third-order valence-electron chi connectivity index (χ3n) is 3.47. The van der Waals surface area contributed by atoms with Gasteiger partial charge in [-0.25, -0.2) is 4.79 Å². The summed E-state index contributed by atoms with van der Waals surface area (Å²) in [5.74, 6) is 0. The number of carbonyl (C=O) groups is 1. The molecule has 0 radical (unpaired) electrons. The number of hydrogen-bond acceptors (Lipinski definition) is 3. The van der Waals surface area contributed by atoms with E-state index in [1.807, 2.05) is 43.9 Å². The van der Waals surface area contributed by atoms with Crippen molar-refractivity contribution in [3.63, 3.8) is 0 Å². The summed E-state index contributed by atoms with van der Waals surface area (Å²) in [6, 6.07) is 10.4. The van der Waals surface area contributed by atoms with Gasteiger partial charge in [-0.2, -0.15) is 0 Å². The fourth-order valence-electron chi connectivity index (χ4n) is 2.52. The molecule has 0 saturated carbocycles. The summed E-state index contributed by atoms with van der Waals surface area (Å²) in [5, 5.41) is 3.52. The second kappa shape index (κ2) is 6.83. The van der Waals surface area contributed by atoms with Crippen molar-refractivity contribution in [3.8, 4) is 0 Å². The first kappa shape index (κ1) is 15.7. The third-order valence-corrected chi connectivity index (χ3v) is 3.47. The SMILES string of the molecule is CC(C)(C)OC(=O)N1CCCC[C@@H](Nc2ccccc2)C1. The van der Waals surface area contributed by atoms with E-state index >= 15 is 0 Å². The minimum atomic E-state index is -0.439. The molecule has 1 aliphatic rings. The number of carbonyl (C=O) groups excluding carboxylic acids is 1. The zero-order valence-corrected chi connectivity index (χ0v) is 13.3. The van der Waals surface area contributed by atoms with E-state index < -0.39 is 5.60 Å². The van der Waals surface area contributed by atoms with E-state index in [4.69, 9.17) is 4.74 Å². The predicted octanol–water partition coefficient (Wildman–Crippen LogP) is 3.89. The van der Waals surface area contributed by atoms with Crippen LogP contribution in [-0.4, -0.2) is 35.7 Å². The molecule has 0 aromatic heterocycles. The summed E-state index contributed by atoms with van der Waals surface area (Å²) in [7, 11) is 0. The maximum absolute atomic E-state index is 12.2. The van der Waals surface area contributed by atoms with Crippen molar-refractivity contribution >= 4 is 11.8 Å². The molecule has 1 aromatic rings. The molecule has 116 valence electrons. The van der Waals surface area contributed by atoms with Crippen LogP contribution in [0.3, 0.4) is 0 Å². The van der Waals surface area contributed by atoms with Gasteiger partial charge in [0.15, 0.2) is 0 Å². The quantitative estimate of drug-likeness (QED) is 0.898. The van der Waals surface area contributed by atoms with Gasteiger partial charge in [0.05, 0.1) is 0 Å². The number of ether oxygens (including phenoxy) is 1. The Hall–Kier alpha value is -1.71. The molecule has 1 atom stereocenters. The van der Waals surface area contributed by atoms with Crippen molar-refractivity contribution in [3.05, 3.63) is 30.3 Å². The summed E-state index contributed by atoms with van der Waals surface area (Å²) in [5.41, 5.74) is 0.666. The number of nitrogens with one attached hydrogen (secondary N) is 1. The lowest BCUT2D eigenvalue weighted by Crippen LogP contribution is -2.42. The summed E-state index contributed by atoms with van der Waals surface area (Å²) >= 11 is 0. The van der Waals surface area contributed by atoms with Gasteiger partial charge < -0.3 is 15.0 Å². The number of amides is 1. The Bertz CT molecular complexity index is 454. The standard InChI is InChI=1S/C17H26N2O2/c1-17(2,3)21-16(20)19-12-8-7-11-15(13-19)18-14-9-5-4-6-10-14/h4-6,9-10,15,18H,7-8,11-13H2,1-3H3/t15-/m1/s1. The average Bonchev–Trinajstić information content (AvgIpc) is 2.64. The normalized spacial score (nSPS) is 19.8. The average molecular weight is 290 g/mol. The van der Waals surface area contributed by atoms with E-state index in [0.29, 0.717) is 6.54 Å². The van der Waals surface area contributed by atoms with Crippen LogP contribution in [0, 0.1) is 0 Å². The van der Waals surface area contributed by atoms with E-state index in [9.17, 15) is 4.79 Å². The molecule has 1 fully saturated rings. The molecule has 0 unspecified atom stereocenters. The van der Waals surface area contributed by atoms with Gasteiger partial charge in [0.2, 0.25) is 0 Å². The molecular formula is C17H26N2O2. The van der Waals surface area contributed by atoms with Crippen molar-refractivity contribution in [2.75, 3.05) is 18.4 Å². The van der Waals surface area contributed by atoms with Gasteiger partial charge in [0, 0.05) is 24.8 Å². The van der Waals surface area contributed by atoms with Crippen LogP contribution in [0.25, 0.3) is 0 Å². The highest BCUT2D eigenvalue weighted by molar-refractivity contribution is 5.68. The van der Waals surface area contributed by atoms with Crippen LogP contribution in [0.5, 0.6) is 0 Å². The lowest BCUT2D eigenvalue weighted by atomic mass is 10.1. The largest absolute Gasteiger partial charge is 0.444 e. The number of benzene rings is 1. The van der Waals surface area contributed by atoms with Crippen molar-refractivity contribution in [1.29, 1.82) is 0 Å². The summed E-state index contributed by atoms with van der Waals surface area (Å²) in [6.45, 7) is 7.19. The molecule has 0 aliphatic carbocycles. The molecular weight excluding hydrogens is 264 g/mol. The lowest BCUT2D eigenvalue weighted by molar-refractivity contribution is 0.0252. The first-order valence-corrected chi connectivity index (χ1v) is 7.73. The first-order chi connectivity index (χ1) is 9.94. The summed E-state index contributed by atoms with van der Waals surface area (Å²) in [6.07, 6.45) is 3.04. The van der Waals surface area contributed by atoms with Crippen LogP contribution >= 0.6 is 0 Å². The van der Waals surface area contributed by atoms with Crippen LogP contribution in [0.1, 0.15) is 40.0 Å². The fraction of sp³-hybridized carbons (Fsp3) is 0.588. The molecule has 4 nitrogen and oxygen atoms in total. The van der Waals surface area contributed by atoms with Gasteiger partial charge in [-0.05, 0) is 52.2 Å². The molecule has 1 N–H and O–H groups in total. The number of anilines is 1. The molecule has 0 bridgehead atoms. The highest BCUT2D eigenvalue weighted by atomic mass is 16.6. The Kier molecular flexibility index (Phi) is 5.10. The fourth-order valence-corrected chi connectivity index (χ4v) is 2.52. The molecule has 2 rings (SSSR count). The molecule has 1 heterocycles. The maximum Gasteiger partial charge on any atom is 0.410 e. The Morgan fingerprint density at radius 2 is 1.95 bits per heavy atom. The highest BCUT2D eigenvalue weighted by Crippen LogP contribution is 2.18. The molecule has 1 aliphatic heterocycles. The second-order valence-electron chi connectivity index (χ2n) is 6.63. The van der Waals surface area contributed by atoms with Crippen LogP contribution in [0.2, 0.25) is 0 Å². The van der Waals surface area contributed by atoms with Crippen LogP contribution in [-0.2, 0) is 4.74 Å². The van der Waals surface area contributed by atoms with Gasteiger partial charge in [-0.15, -0.1) is 0 Å². The van der Waals surface area contributed by atoms with Gasteiger partial charge in [0.25, 0.3) is 0 Å². The molecule has 0 spiro atoms. The Morgan fingerprint density at radius 1 is 1.24 bits per heavy atom. The smallest absolute Gasteiger partial charge is 0.410 e. The van der Waals surface area contributed by atoms with E-state index in [-0.39, 0.29) is 12.1 Å². The van der Waals surface area contributed by atoms with Crippen molar-refractivity contribution < 1.29 is 9.53 Å². The third kappa shape index (κ3) is 5.29. The van der Waals surface area contributed by atoms with Gasteiger partial charge in [0.1, 0.15) is 5.60 Å². The summed E-state index contributed by atoms with van der Waals surface area (Å²) in [4.78, 5) is 14.1. The van der Waals surface area contributed by atoms with Crippen molar-refractivity contribution in [2.45, 2.75) is 51.7 Å². The Balaban J connectivity index is 1.96. The van der Waals surface area contributed by atoms with E-state index in [1.165, 1.54) is 0 Å². The molecule has 21 heavy (non-hydrogen) atoms. The number of rotatable bonds is 2. The minimum absolute atomic E-state index is 0.204. The zero-order chi connectivity index (χ0) is 15.3. The second-order valence-corrected chi connectivity index (χ2v) is 6.63. The van der Waals surface area contributed by atoms with Gasteiger partial charge in [-0.1, -0.05) is 18.2 Å². The lowest BCUT2D eigenvalue weighted by Gasteiger charge is -2.29. The molecule has 4 heteroatoms. The van der Waals surface area contributed by atoms with Gasteiger partial charge >= 0.3 is 6.09 Å². The number of hydrogen-bond donors (Lipinski definition) is 1. The van der Waals surface area contributed by atoms with Gasteiger partial charge in [-0.3, -0.25) is 0 Å². The monoisotopic (exact) mass is 290 g/mol. The van der Waals surface area contributed by atoms with Crippen LogP contribution in [0.15, 0.2) is 30.3 Å². The van der Waals surface area contributed by atoms with Crippen LogP contribution < -0.4 is 5.32 Å². The number of nitrogens with zero attached hydrogens (tertiary/aromatic N) is 1. The van der Waals surface area contributed by atoms with Crippen LogP contribution in [0.4, 0.5) is 10.5 Å². The minimum Gasteiger partial charge on any atom is -0.444 e. The molecule has 1 amide bonds. The highest BCUT2D eigenvalue weighted by Gasteiger charge is 2.26.